The Balaban J connectivity index is 2.37. The van der Waals surface area contributed by atoms with Crippen LogP contribution < -0.4 is 9.47 Å². The highest BCUT2D eigenvalue weighted by atomic mass is 127. The molecule has 2 amide bonds. The lowest BCUT2D eigenvalue weighted by molar-refractivity contribution is -0.122. The lowest BCUT2D eigenvalue weighted by Crippen LogP contribution is -2.27. The Kier molecular flexibility index (Phi) is 6.73. The molecule has 2 rings (SSSR count). The van der Waals surface area contributed by atoms with Crippen LogP contribution in [0.15, 0.2) is 29.7 Å². The van der Waals surface area contributed by atoms with Crippen LogP contribution in [0.2, 0.25) is 0 Å². The van der Waals surface area contributed by atoms with E-state index in [1.54, 1.807) is 6.08 Å². The van der Waals surface area contributed by atoms with Crippen LogP contribution in [-0.4, -0.2) is 35.8 Å². The molecule has 0 atom stereocenters. The summed E-state index contributed by atoms with van der Waals surface area (Å²) in [6.07, 6.45) is 3.24. The molecule has 0 aliphatic carbocycles. The predicted molar refractivity (Wildman–Crippen MR) is 104 cm³/mol. The SMILES string of the molecule is C=CCN1C(=O)S/C(=C/c2cc(I)c(OCC)c(OCC)c2)C1=O. The maximum atomic E-state index is 12.3. The monoisotopic (exact) mass is 459 g/mol. The highest BCUT2D eigenvalue weighted by Crippen LogP contribution is 2.37. The van der Waals surface area contributed by atoms with Gasteiger partial charge in [0.15, 0.2) is 11.5 Å². The van der Waals surface area contributed by atoms with Gasteiger partial charge in [0.05, 0.1) is 21.7 Å². The predicted octanol–water partition coefficient (Wildman–Crippen LogP) is 4.31. The van der Waals surface area contributed by atoms with Crippen molar-refractivity contribution in [3.63, 3.8) is 0 Å². The van der Waals surface area contributed by atoms with E-state index < -0.39 is 0 Å². The number of rotatable bonds is 7. The summed E-state index contributed by atoms with van der Waals surface area (Å²) in [6, 6.07) is 3.72. The van der Waals surface area contributed by atoms with Crippen molar-refractivity contribution in [2.75, 3.05) is 19.8 Å². The van der Waals surface area contributed by atoms with Gasteiger partial charge in [0.25, 0.3) is 11.1 Å². The molecule has 128 valence electrons. The number of thioether (sulfide) groups is 1. The van der Waals surface area contributed by atoms with E-state index in [-0.39, 0.29) is 17.7 Å². The van der Waals surface area contributed by atoms with E-state index in [4.69, 9.17) is 9.47 Å². The van der Waals surface area contributed by atoms with Crippen LogP contribution in [0.1, 0.15) is 19.4 Å². The summed E-state index contributed by atoms with van der Waals surface area (Å²) in [4.78, 5) is 25.7. The second kappa shape index (κ2) is 8.57. The zero-order valence-corrected chi connectivity index (χ0v) is 16.5. The minimum atomic E-state index is -0.299. The van der Waals surface area contributed by atoms with Crippen molar-refractivity contribution < 1.29 is 19.1 Å². The van der Waals surface area contributed by atoms with Crippen LogP contribution in [0.5, 0.6) is 11.5 Å². The fourth-order valence-corrected chi connectivity index (χ4v) is 3.79. The van der Waals surface area contributed by atoms with Crippen molar-refractivity contribution >= 4 is 51.6 Å². The van der Waals surface area contributed by atoms with Crippen LogP contribution in [-0.2, 0) is 4.79 Å². The minimum absolute atomic E-state index is 0.215. The number of ether oxygens (including phenoxy) is 2. The third-order valence-electron chi connectivity index (χ3n) is 3.10. The number of nitrogens with zero attached hydrogens (tertiary/aromatic N) is 1. The first kappa shape index (κ1) is 18.9. The van der Waals surface area contributed by atoms with Crippen molar-refractivity contribution in [3.8, 4) is 11.5 Å². The molecule has 1 fully saturated rings. The molecule has 24 heavy (non-hydrogen) atoms. The van der Waals surface area contributed by atoms with Gasteiger partial charge in [-0.2, -0.15) is 0 Å². The number of hydrogen-bond donors (Lipinski definition) is 0. The Morgan fingerprint density at radius 2 is 1.96 bits per heavy atom. The Bertz CT molecular complexity index is 702. The molecule has 0 unspecified atom stereocenters. The average molecular weight is 459 g/mol. The highest BCUT2D eigenvalue weighted by molar-refractivity contribution is 14.1. The molecule has 0 saturated carbocycles. The molecule has 5 nitrogen and oxygen atoms in total. The van der Waals surface area contributed by atoms with Gasteiger partial charge in [0.1, 0.15) is 0 Å². The number of amides is 2. The minimum Gasteiger partial charge on any atom is -0.490 e. The third kappa shape index (κ3) is 4.13. The number of hydrogen-bond acceptors (Lipinski definition) is 5. The third-order valence-corrected chi connectivity index (χ3v) is 4.81. The number of carbonyl (C=O) groups is 2. The molecule has 7 heteroatoms. The number of imide groups is 1. The fraction of sp³-hybridized carbons (Fsp3) is 0.294. The Morgan fingerprint density at radius 3 is 2.58 bits per heavy atom. The molecular formula is C17H18INO4S. The lowest BCUT2D eigenvalue weighted by atomic mass is 10.2. The Morgan fingerprint density at radius 1 is 1.25 bits per heavy atom. The molecule has 0 aromatic heterocycles. The summed E-state index contributed by atoms with van der Waals surface area (Å²) < 4.78 is 12.2. The Labute approximate surface area is 159 Å². The molecule has 1 aliphatic rings. The van der Waals surface area contributed by atoms with E-state index >= 15 is 0 Å². The standard InChI is InChI=1S/C17H18INO4S/c1-4-7-19-16(20)14(24-17(19)21)10-11-8-12(18)15(23-6-3)13(9-11)22-5-2/h4,8-10H,1,5-7H2,2-3H3/b14-10+. The van der Waals surface area contributed by atoms with Crippen molar-refractivity contribution in [1.29, 1.82) is 0 Å². The van der Waals surface area contributed by atoms with Crippen molar-refractivity contribution in [2.45, 2.75) is 13.8 Å². The first-order valence-corrected chi connectivity index (χ1v) is 9.36. The quantitative estimate of drug-likeness (QED) is 0.346. The van der Waals surface area contributed by atoms with E-state index in [2.05, 4.69) is 29.2 Å². The summed E-state index contributed by atoms with van der Waals surface area (Å²) in [5, 5.41) is -0.281. The summed E-state index contributed by atoms with van der Waals surface area (Å²) in [6.45, 7) is 8.64. The second-order valence-corrected chi connectivity index (χ2v) is 6.93. The van der Waals surface area contributed by atoms with E-state index in [9.17, 15) is 9.59 Å². The van der Waals surface area contributed by atoms with Crippen LogP contribution >= 0.6 is 34.4 Å². The number of benzene rings is 1. The smallest absolute Gasteiger partial charge is 0.293 e. The molecular weight excluding hydrogens is 441 g/mol. The summed E-state index contributed by atoms with van der Waals surface area (Å²) >= 11 is 3.10. The highest BCUT2D eigenvalue weighted by Gasteiger charge is 2.34. The van der Waals surface area contributed by atoms with Gasteiger partial charge < -0.3 is 9.47 Å². The van der Waals surface area contributed by atoms with Gasteiger partial charge in [-0.3, -0.25) is 14.5 Å². The van der Waals surface area contributed by atoms with E-state index in [1.807, 2.05) is 26.0 Å². The molecule has 0 N–H and O–H groups in total. The Hall–Kier alpha value is -1.48. The van der Waals surface area contributed by atoms with E-state index in [0.717, 1.165) is 20.9 Å². The van der Waals surface area contributed by atoms with E-state index in [0.29, 0.717) is 29.6 Å². The molecule has 0 spiro atoms. The van der Waals surface area contributed by atoms with Crippen LogP contribution in [0, 0.1) is 3.57 Å². The van der Waals surface area contributed by atoms with Gasteiger partial charge in [-0.05, 0) is 72.0 Å². The van der Waals surface area contributed by atoms with Crippen LogP contribution in [0.25, 0.3) is 6.08 Å². The van der Waals surface area contributed by atoms with Crippen molar-refractivity contribution in [3.05, 3.63) is 38.8 Å². The van der Waals surface area contributed by atoms with Crippen molar-refractivity contribution in [2.24, 2.45) is 0 Å². The summed E-state index contributed by atoms with van der Waals surface area (Å²) in [7, 11) is 0. The van der Waals surface area contributed by atoms with Gasteiger partial charge in [0, 0.05) is 6.54 Å². The van der Waals surface area contributed by atoms with Crippen LogP contribution in [0.4, 0.5) is 4.79 Å². The molecule has 1 saturated heterocycles. The maximum Gasteiger partial charge on any atom is 0.293 e. The molecule has 1 aromatic rings. The molecule has 1 aromatic carbocycles. The molecule has 1 aliphatic heterocycles. The molecule has 0 bridgehead atoms. The van der Waals surface area contributed by atoms with Gasteiger partial charge in [-0.25, -0.2) is 0 Å². The summed E-state index contributed by atoms with van der Waals surface area (Å²) in [5.41, 5.74) is 0.787. The molecule has 1 heterocycles. The first-order chi connectivity index (χ1) is 11.5. The van der Waals surface area contributed by atoms with Gasteiger partial charge in [0.2, 0.25) is 0 Å². The van der Waals surface area contributed by atoms with Crippen LogP contribution in [0.3, 0.4) is 0 Å². The normalized spacial score (nSPS) is 16.0. The fourth-order valence-electron chi connectivity index (χ4n) is 2.16. The van der Waals surface area contributed by atoms with Gasteiger partial charge in [-0.15, -0.1) is 6.58 Å². The second-order valence-electron chi connectivity index (χ2n) is 4.78. The molecule has 0 radical (unpaired) electrons. The first-order valence-electron chi connectivity index (χ1n) is 7.47. The zero-order chi connectivity index (χ0) is 17.7. The number of carbonyl (C=O) groups excluding carboxylic acids is 2. The van der Waals surface area contributed by atoms with Crippen molar-refractivity contribution in [1.82, 2.24) is 4.90 Å². The van der Waals surface area contributed by atoms with Gasteiger partial charge in [-0.1, -0.05) is 6.08 Å². The largest absolute Gasteiger partial charge is 0.490 e. The maximum absolute atomic E-state index is 12.3. The topological polar surface area (TPSA) is 55.8 Å². The zero-order valence-electron chi connectivity index (χ0n) is 13.5. The average Bonchev–Trinajstić information content (AvgIpc) is 2.79. The van der Waals surface area contributed by atoms with Gasteiger partial charge >= 0.3 is 0 Å². The summed E-state index contributed by atoms with van der Waals surface area (Å²) in [5.74, 6) is 1.02. The number of halogens is 1. The van der Waals surface area contributed by atoms with E-state index in [1.165, 1.54) is 11.0 Å². The lowest BCUT2D eigenvalue weighted by Gasteiger charge is -2.13.